The Morgan fingerprint density at radius 1 is 1.26 bits per heavy atom. The minimum Gasteiger partial charge on any atom is -0.355 e. The fourth-order valence-corrected chi connectivity index (χ4v) is 2.92. The van der Waals surface area contributed by atoms with Gasteiger partial charge in [-0.2, -0.15) is 0 Å². The summed E-state index contributed by atoms with van der Waals surface area (Å²) in [6, 6.07) is 6.92. The van der Waals surface area contributed by atoms with Crippen molar-refractivity contribution in [2.24, 2.45) is 0 Å². The zero-order valence-electron chi connectivity index (χ0n) is 12.8. The Balaban J connectivity index is 1.92. The van der Waals surface area contributed by atoms with Gasteiger partial charge in [-0.25, -0.2) is 0 Å². The zero-order chi connectivity index (χ0) is 17.0. The molecule has 1 aromatic carbocycles. The van der Waals surface area contributed by atoms with Crippen molar-refractivity contribution in [2.75, 3.05) is 14.1 Å². The van der Waals surface area contributed by atoms with Gasteiger partial charge in [-0.05, 0) is 17.7 Å². The van der Waals surface area contributed by atoms with Gasteiger partial charge in [-0.15, -0.1) is 0 Å². The van der Waals surface area contributed by atoms with E-state index in [1.54, 1.807) is 38.4 Å². The molecule has 1 fully saturated rings. The van der Waals surface area contributed by atoms with Crippen LogP contribution in [0.2, 0.25) is 0 Å². The summed E-state index contributed by atoms with van der Waals surface area (Å²) < 4.78 is 0. The molecule has 8 heteroatoms. The van der Waals surface area contributed by atoms with Gasteiger partial charge in [0, 0.05) is 32.6 Å². The molecule has 0 bridgehead atoms. The highest BCUT2D eigenvalue weighted by molar-refractivity contribution is 8.15. The third-order valence-electron chi connectivity index (χ3n) is 3.42. The summed E-state index contributed by atoms with van der Waals surface area (Å²) in [4.78, 5) is 47.6. The van der Waals surface area contributed by atoms with E-state index in [2.05, 4.69) is 10.6 Å². The van der Waals surface area contributed by atoms with E-state index in [9.17, 15) is 19.2 Å². The number of hydrogen-bond donors (Lipinski definition) is 2. The molecule has 0 aromatic heterocycles. The summed E-state index contributed by atoms with van der Waals surface area (Å²) in [6.45, 7) is 0.361. The minimum atomic E-state index is -0.659. The van der Waals surface area contributed by atoms with Gasteiger partial charge in [0.25, 0.3) is 11.1 Å². The van der Waals surface area contributed by atoms with Crippen molar-refractivity contribution in [2.45, 2.75) is 18.2 Å². The molecule has 1 aliphatic heterocycles. The molecule has 122 valence electrons. The number of imide groups is 1. The number of carbonyl (C=O) groups is 4. The van der Waals surface area contributed by atoms with Gasteiger partial charge >= 0.3 is 0 Å². The number of nitrogens with one attached hydrogen (secondary N) is 2. The molecule has 1 heterocycles. The quantitative estimate of drug-likeness (QED) is 0.828. The van der Waals surface area contributed by atoms with Gasteiger partial charge in [-0.3, -0.25) is 24.5 Å². The van der Waals surface area contributed by atoms with E-state index in [0.717, 1.165) is 17.3 Å². The van der Waals surface area contributed by atoms with E-state index in [1.807, 2.05) is 0 Å². The number of rotatable bonds is 5. The maximum atomic E-state index is 12.1. The second-order valence-corrected chi connectivity index (χ2v) is 6.29. The highest BCUT2D eigenvalue weighted by atomic mass is 32.2. The molecule has 0 aliphatic carbocycles. The Morgan fingerprint density at radius 3 is 2.43 bits per heavy atom. The number of hydrogen-bond acceptors (Lipinski definition) is 5. The summed E-state index contributed by atoms with van der Waals surface area (Å²) in [5, 5.41) is 3.62. The largest absolute Gasteiger partial charge is 0.355 e. The average molecular weight is 335 g/mol. The summed E-state index contributed by atoms with van der Waals surface area (Å²) in [5.74, 6) is -0.811. The lowest BCUT2D eigenvalue weighted by molar-refractivity contribution is -0.132. The molecule has 0 saturated carbocycles. The molecule has 0 unspecified atom stereocenters. The van der Waals surface area contributed by atoms with Crippen LogP contribution in [0.25, 0.3) is 0 Å². The average Bonchev–Trinajstić information content (AvgIpc) is 2.84. The summed E-state index contributed by atoms with van der Waals surface area (Å²) in [6.07, 6.45) is -0.0188. The molecule has 7 nitrogen and oxygen atoms in total. The molecule has 0 spiro atoms. The summed E-state index contributed by atoms with van der Waals surface area (Å²) >= 11 is 0.842. The third-order valence-corrected chi connectivity index (χ3v) is 4.40. The molecular weight excluding hydrogens is 318 g/mol. The molecule has 1 atom stereocenters. The van der Waals surface area contributed by atoms with Crippen molar-refractivity contribution in [3.8, 4) is 0 Å². The maximum Gasteiger partial charge on any atom is 0.286 e. The first kappa shape index (κ1) is 17.0. The number of thioether (sulfide) groups is 1. The molecular formula is C15H17N3O4S. The number of benzene rings is 1. The maximum absolute atomic E-state index is 12.1. The highest BCUT2D eigenvalue weighted by Gasteiger charge is 2.33. The van der Waals surface area contributed by atoms with Crippen LogP contribution < -0.4 is 10.6 Å². The van der Waals surface area contributed by atoms with Crippen LogP contribution in [0.1, 0.15) is 22.3 Å². The fraction of sp³-hybridized carbons (Fsp3) is 0.333. The molecule has 1 aliphatic rings. The van der Waals surface area contributed by atoms with Crippen molar-refractivity contribution < 1.29 is 19.2 Å². The van der Waals surface area contributed by atoms with Crippen LogP contribution in [0.4, 0.5) is 4.79 Å². The van der Waals surface area contributed by atoms with Crippen LogP contribution in [-0.4, -0.2) is 47.2 Å². The predicted molar refractivity (Wildman–Crippen MR) is 85.8 cm³/mol. The van der Waals surface area contributed by atoms with Crippen LogP contribution in [0, 0.1) is 0 Å². The number of carbonyl (C=O) groups excluding carboxylic acids is 4. The standard InChI is InChI=1S/C15H17N3O4S/c1-16-13(20)10-5-3-9(4-6-10)8-18(2)12(19)7-11-14(21)17-15(22)23-11/h3-6,11H,7-8H2,1-2H3,(H,16,20)(H,17,21,22)/t11-/m1/s1. The third kappa shape index (κ3) is 4.32. The highest BCUT2D eigenvalue weighted by Crippen LogP contribution is 2.22. The first-order valence-electron chi connectivity index (χ1n) is 6.97. The first-order valence-corrected chi connectivity index (χ1v) is 7.85. The van der Waals surface area contributed by atoms with Gasteiger partial charge in [0.1, 0.15) is 5.25 Å². The molecule has 1 aromatic rings. The van der Waals surface area contributed by atoms with Gasteiger partial charge in [0.05, 0.1) is 0 Å². The molecule has 23 heavy (non-hydrogen) atoms. The molecule has 4 amide bonds. The number of nitrogens with zero attached hydrogens (tertiary/aromatic N) is 1. The summed E-state index contributed by atoms with van der Waals surface area (Å²) in [5.41, 5.74) is 1.41. The second-order valence-electron chi connectivity index (χ2n) is 5.11. The molecule has 2 rings (SSSR count). The van der Waals surface area contributed by atoms with Gasteiger partial charge < -0.3 is 10.2 Å². The predicted octanol–water partition coefficient (Wildman–Crippen LogP) is 0.746. The van der Waals surface area contributed by atoms with Gasteiger partial charge in [0.15, 0.2) is 0 Å². The minimum absolute atomic E-state index is 0.0188. The van der Waals surface area contributed by atoms with Crippen molar-refractivity contribution >= 4 is 34.7 Å². The van der Waals surface area contributed by atoms with E-state index in [0.29, 0.717) is 12.1 Å². The van der Waals surface area contributed by atoms with Crippen molar-refractivity contribution in [1.82, 2.24) is 15.5 Å². The van der Waals surface area contributed by atoms with E-state index in [1.165, 1.54) is 4.90 Å². The SMILES string of the molecule is CNC(=O)c1ccc(CN(C)C(=O)C[C@H]2SC(=O)NC2=O)cc1. The smallest absolute Gasteiger partial charge is 0.286 e. The lowest BCUT2D eigenvalue weighted by Crippen LogP contribution is -2.32. The Bertz CT molecular complexity index is 645. The molecule has 2 N–H and O–H groups in total. The second kappa shape index (κ2) is 7.28. The monoisotopic (exact) mass is 335 g/mol. The van der Waals surface area contributed by atoms with E-state index < -0.39 is 16.4 Å². The van der Waals surface area contributed by atoms with Crippen molar-refractivity contribution in [3.63, 3.8) is 0 Å². The number of amides is 4. The van der Waals surface area contributed by atoms with Crippen LogP contribution in [0.3, 0.4) is 0 Å². The Hall–Kier alpha value is -2.35. The summed E-state index contributed by atoms with van der Waals surface area (Å²) in [7, 11) is 3.19. The van der Waals surface area contributed by atoms with Crippen LogP contribution in [0.15, 0.2) is 24.3 Å². The Labute approximate surface area is 137 Å². The van der Waals surface area contributed by atoms with Crippen LogP contribution in [0.5, 0.6) is 0 Å². The fourth-order valence-electron chi connectivity index (χ4n) is 2.11. The van der Waals surface area contributed by atoms with Gasteiger partial charge in [0.2, 0.25) is 11.8 Å². The molecule has 0 radical (unpaired) electrons. The van der Waals surface area contributed by atoms with Crippen LogP contribution in [-0.2, 0) is 16.1 Å². The van der Waals surface area contributed by atoms with Crippen molar-refractivity contribution in [1.29, 1.82) is 0 Å². The van der Waals surface area contributed by atoms with Crippen LogP contribution >= 0.6 is 11.8 Å². The van der Waals surface area contributed by atoms with E-state index >= 15 is 0 Å². The lowest BCUT2D eigenvalue weighted by Gasteiger charge is -2.18. The van der Waals surface area contributed by atoms with Gasteiger partial charge in [-0.1, -0.05) is 23.9 Å². The normalized spacial score (nSPS) is 16.9. The Morgan fingerprint density at radius 2 is 1.91 bits per heavy atom. The van der Waals surface area contributed by atoms with E-state index in [-0.39, 0.29) is 18.2 Å². The molecule has 1 saturated heterocycles. The van der Waals surface area contributed by atoms with Crippen molar-refractivity contribution in [3.05, 3.63) is 35.4 Å². The Kier molecular flexibility index (Phi) is 5.38. The topological polar surface area (TPSA) is 95.6 Å². The first-order chi connectivity index (χ1) is 10.9. The lowest BCUT2D eigenvalue weighted by atomic mass is 10.1. The zero-order valence-corrected chi connectivity index (χ0v) is 13.6. The van der Waals surface area contributed by atoms with E-state index in [4.69, 9.17) is 0 Å².